The molecular weight excluding hydrogens is 368 g/mol. The second-order valence-electron chi connectivity index (χ2n) is 5.75. The van der Waals surface area contributed by atoms with Crippen molar-refractivity contribution in [2.45, 2.75) is 4.90 Å². The number of ether oxygens (including phenoxy) is 2. The first-order chi connectivity index (χ1) is 12.8. The molecule has 2 rings (SSSR count). The van der Waals surface area contributed by atoms with Gasteiger partial charge in [0.05, 0.1) is 24.8 Å². The van der Waals surface area contributed by atoms with Crippen LogP contribution in [-0.4, -0.2) is 46.9 Å². The van der Waals surface area contributed by atoms with Crippen molar-refractivity contribution in [2.75, 3.05) is 33.6 Å². The molecule has 0 heterocycles. The number of nitrogens with zero attached hydrogens (tertiary/aromatic N) is 1. The van der Waals surface area contributed by atoms with E-state index in [1.54, 1.807) is 25.3 Å². The van der Waals surface area contributed by atoms with Gasteiger partial charge in [-0.2, -0.15) is 0 Å². The molecular formula is C19H22N2O5S. The summed E-state index contributed by atoms with van der Waals surface area (Å²) in [6, 6.07) is 11.5. The van der Waals surface area contributed by atoms with Crippen LogP contribution in [-0.2, 0) is 14.8 Å². The lowest BCUT2D eigenvalue weighted by Crippen LogP contribution is -2.22. The molecule has 27 heavy (non-hydrogen) atoms. The molecule has 0 atom stereocenters. The molecule has 0 aliphatic heterocycles. The second kappa shape index (κ2) is 8.70. The zero-order valence-electron chi connectivity index (χ0n) is 15.6. The van der Waals surface area contributed by atoms with E-state index in [1.807, 2.05) is 12.1 Å². The summed E-state index contributed by atoms with van der Waals surface area (Å²) in [4.78, 5) is 12.3. The van der Waals surface area contributed by atoms with Crippen LogP contribution in [0.5, 0.6) is 11.5 Å². The van der Waals surface area contributed by atoms with Gasteiger partial charge < -0.3 is 14.8 Å². The molecule has 8 heteroatoms. The van der Waals surface area contributed by atoms with Crippen molar-refractivity contribution in [1.29, 1.82) is 0 Å². The van der Waals surface area contributed by atoms with E-state index in [9.17, 15) is 13.2 Å². The van der Waals surface area contributed by atoms with Gasteiger partial charge in [0.15, 0.2) is 0 Å². The minimum Gasteiger partial charge on any atom is -0.497 e. The molecule has 0 aromatic heterocycles. The molecule has 2 aromatic carbocycles. The van der Waals surface area contributed by atoms with Crippen molar-refractivity contribution in [1.82, 2.24) is 4.31 Å². The van der Waals surface area contributed by atoms with Crippen LogP contribution in [0.4, 0.5) is 5.69 Å². The Bertz CT molecular complexity index is 935. The number of hydrogen-bond donors (Lipinski definition) is 1. The Kier molecular flexibility index (Phi) is 6.59. The molecule has 0 saturated carbocycles. The Balaban J connectivity index is 2.21. The first kappa shape index (κ1) is 20.5. The molecule has 144 valence electrons. The molecule has 0 unspecified atom stereocenters. The minimum atomic E-state index is -3.63. The van der Waals surface area contributed by atoms with Gasteiger partial charge in [-0.25, -0.2) is 12.7 Å². The van der Waals surface area contributed by atoms with Crippen LogP contribution in [0.1, 0.15) is 5.56 Å². The van der Waals surface area contributed by atoms with Crippen LogP contribution in [0, 0.1) is 0 Å². The minimum absolute atomic E-state index is 0.0581. The van der Waals surface area contributed by atoms with Gasteiger partial charge in [-0.15, -0.1) is 0 Å². The van der Waals surface area contributed by atoms with E-state index in [0.29, 0.717) is 5.75 Å². The SMILES string of the molecule is COc1ccc(C=CC(=O)Nc2cc(S(=O)(=O)N(C)C)ccc2OC)cc1. The number of carbonyl (C=O) groups is 1. The van der Waals surface area contributed by atoms with E-state index in [-0.39, 0.29) is 10.6 Å². The van der Waals surface area contributed by atoms with Gasteiger partial charge in [0, 0.05) is 20.2 Å². The highest BCUT2D eigenvalue weighted by Gasteiger charge is 2.19. The number of nitrogens with one attached hydrogen (secondary N) is 1. The molecule has 1 amide bonds. The second-order valence-corrected chi connectivity index (χ2v) is 7.90. The highest BCUT2D eigenvalue weighted by atomic mass is 32.2. The first-order valence-electron chi connectivity index (χ1n) is 8.01. The van der Waals surface area contributed by atoms with Crippen LogP contribution in [0.15, 0.2) is 53.4 Å². The van der Waals surface area contributed by atoms with Crippen LogP contribution in [0.3, 0.4) is 0 Å². The summed E-state index contributed by atoms with van der Waals surface area (Å²) in [5.74, 6) is 0.669. The summed E-state index contributed by atoms with van der Waals surface area (Å²) in [7, 11) is 2.28. The number of carbonyl (C=O) groups excluding carboxylic acids is 1. The van der Waals surface area contributed by atoms with Crippen molar-refractivity contribution in [3.05, 3.63) is 54.1 Å². The van der Waals surface area contributed by atoms with Crippen molar-refractivity contribution in [2.24, 2.45) is 0 Å². The van der Waals surface area contributed by atoms with Gasteiger partial charge in [-0.05, 0) is 42.0 Å². The van der Waals surface area contributed by atoms with E-state index in [1.165, 1.54) is 45.5 Å². The summed E-state index contributed by atoms with van der Waals surface area (Å²) in [5, 5.41) is 2.65. The number of methoxy groups -OCH3 is 2. The lowest BCUT2D eigenvalue weighted by Gasteiger charge is -2.14. The third-order valence-electron chi connectivity index (χ3n) is 3.75. The summed E-state index contributed by atoms with van der Waals surface area (Å²) >= 11 is 0. The molecule has 1 N–H and O–H groups in total. The summed E-state index contributed by atoms with van der Waals surface area (Å²) < 4.78 is 35.9. The Labute approximate surface area is 159 Å². The Morgan fingerprint density at radius 1 is 1.04 bits per heavy atom. The third kappa shape index (κ3) is 5.08. The van der Waals surface area contributed by atoms with Crippen molar-refractivity contribution in [3.63, 3.8) is 0 Å². The van der Waals surface area contributed by atoms with E-state index < -0.39 is 15.9 Å². The van der Waals surface area contributed by atoms with Gasteiger partial charge >= 0.3 is 0 Å². The maximum absolute atomic E-state index is 12.3. The number of anilines is 1. The third-order valence-corrected chi connectivity index (χ3v) is 5.56. The highest BCUT2D eigenvalue weighted by Crippen LogP contribution is 2.28. The van der Waals surface area contributed by atoms with E-state index in [2.05, 4.69) is 5.32 Å². The Morgan fingerprint density at radius 3 is 2.26 bits per heavy atom. The number of amides is 1. The van der Waals surface area contributed by atoms with Gasteiger partial charge in [0.1, 0.15) is 11.5 Å². The topological polar surface area (TPSA) is 84.9 Å². The van der Waals surface area contributed by atoms with E-state index >= 15 is 0 Å². The smallest absolute Gasteiger partial charge is 0.248 e. The van der Waals surface area contributed by atoms with Crippen molar-refractivity contribution in [3.8, 4) is 11.5 Å². The Morgan fingerprint density at radius 2 is 1.70 bits per heavy atom. The average Bonchev–Trinajstić information content (AvgIpc) is 2.66. The van der Waals surface area contributed by atoms with Crippen LogP contribution >= 0.6 is 0 Å². The Hall–Kier alpha value is -2.84. The number of hydrogen-bond acceptors (Lipinski definition) is 5. The molecule has 2 aromatic rings. The van der Waals surface area contributed by atoms with Crippen LogP contribution in [0.2, 0.25) is 0 Å². The fourth-order valence-electron chi connectivity index (χ4n) is 2.22. The normalized spacial score (nSPS) is 11.6. The van der Waals surface area contributed by atoms with Gasteiger partial charge in [0.2, 0.25) is 15.9 Å². The van der Waals surface area contributed by atoms with Crippen molar-refractivity contribution < 1.29 is 22.7 Å². The molecule has 0 aliphatic carbocycles. The molecule has 7 nitrogen and oxygen atoms in total. The van der Waals surface area contributed by atoms with Crippen molar-refractivity contribution >= 4 is 27.7 Å². The standard InChI is InChI=1S/C19H22N2O5S/c1-21(2)27(23,24)16-10-11-18(26-4)17(13-16)20-19(22)12-7-14-5-8-15(25-3)9-6-14/h5-13H,1-4H3,(H,20,22). The largest absolute Gasteiger partial charge is 0.497 e. The fourth-order valence-corrected chi connectivity index (χ4v) is 3.15. The van der Waals surface area contributed by atoms with E-state index in [4.69, 9.17) is 9.47 Å². The maximum Gasteiger partial charge on any atom is 0.248 e. The molecule has 0 spiro atoms. The van der Waals surface area contributed by atoms with Gasteiger partial charge in [-0.1, -0.05) is 12.1 Å². The first-order valence-corrected chi connectivity index (χ1v) is 9.45. The molecule has 0 radical (unpaired) electrons. The number of sulfonamides is 1. The van der Waals surface area contributed by atoms with Crippen LogP contribution in [0.25, 0.3) is 6.08 Å². The van der Waals surface area contributed by atoms with E-state index in [0.717, 1.165) is 15.6 Å². The van der Waals surface area contributed by atoms with Crippen LogP contribution < -0.4 is 14.8 Å². The monoisotopic (exact) mass is 390 g/mol. The summed E-state index contributed by atoms with van der Waals surface area (Å²) in [6.07, 6.45) is 3.00. The lowest BCUT2D eigenvalue weighted by molar-refractivity contribution is -0.111. The molecule has 0 saturated heterocycles. The van der Waals surface area contributed by atoms with Gasteiger partial charge in [0.25, 0.3) is 0 Å². The quantitative estimate of drug-likeness (QED) is 0.735. The molecule has 0 aliphatic rings. The zero-order valence-corrected chi connectivity index (χ0v) is 16.4. The highest BCUT2D eigenvalue weighted by molar-refractivity contribution is 7.89. The lowest BCUT2D eigenvalue weighted by atomic mass is 10.2. The van der Waals surface area contributed by atoms with Gasteiger partial charge in [-0.3, -0.25) is 4.79 Å². The summed E-state index contributed by atoms with van der Waals surface area (Å²) in [6.45, 7) is 0. The summed E-state index contributed by atoms with van der Waals surface area (Å²) in [5.41, 5.74) is 1.09. The predicted octanol–water partition coefficient (Wildman–Crippen LogP) is 2.61. The molecule has 0 bridgehead atoms. The maximum atomic E-state index is 12.3. The average molecular weight is 390 g/mol. The zero-order chi connectivity index (χ0) is 20.0. The number of rotatable bonds is 7. The molecule has 0 fully saturated rings. The number of benzene rings is 2. The fraction of sp³-hybridized carbons (Fsp3) is 0.211. The predicted molar refractivity (Wildman–Crippen MR) is 105 cm³/mol.